The second kappa shape index (κ2) is 6.85. The number of nitrogens with one attached hydrogen (secondary N) is 1. The van der Waals surface area contributed by atoms with Crippen LogP contribution in [0.25, 0.3) is 0 Å². The van der Waals surface area contributed by atoms with Crippen LogP contribution in [0.5, 0.6) is 0 Å². The summed E-state index contributed by atoms with van der Waals surface area (Å²) in [5, 5.41) is 3.43. The molecule has 0 spiro atoms. The zero-order chi connectivity index (χ0) is 19.1. The lowest BCUT2D eigenvalue weighted by atomic mass is 9.91. The Hall–Kier alpha value is -2.18. The molecular weight excluding hydrogens is 330 g/mol. The van der Waals surface area contributed by atoms with Gasteiger partial charge in [0.25, 0.3) is 0 Å². The Morgan fingerprint density at radius 2 is 2.08 bits per heavy atom. The lowest BCUT2D eigenvalue weighted by Crippen LogP contribution is -2.43. The number of anilines is 1. The molecule has 1 aromatic heterocycles. The van der Waals surface area contributed by atoms with E-state index in [1.54, 1.807) is 4.90 Å². The summed E-state index contributed by atoms with van der Waals surface area (Å²) in [6.07, 6.45) is 3.84. The predicted molar refractivity (Wildman–Crippen MR) is 99.3 cm³/mol. The lowest BCUT2D eigenvalue weighted by Gasteiger charge is -2.22. The number of rotatable bonds is 6. The number of aromatic nitrogens is 2. The predicted octanol–water partition coefficient (Wildman–Crippen LogP) is 1.51. The Balaban J connectivity index is 1.76. The van der Waals surface area contributed by atoms with Gasteiger partial charge in [-0.05, 0) is 37.7 Å². The molecule has 3 N–H and O–H groups in total. The van der Waals surface area contributed by atoms with Gasteiger partial charge in [0.15, 0.2) is 0 Å². The monoisotopic (exact) mass is 359 g/mol. The van der Waals surface area contributed by atoms with Gasteiger partial charge in [0.05, 0.1) is 6.04 Å². The van der Waals surface area contributed by atoms with Crippen molar-refractivity contribution < 1.29 is 9.59 Å². The van der Waals surface area contributed by atoms with Gasteiger partial charge < -0.3 is 16.0 Å². The van der Waals surface area contributed by atoms with Crippen molar-refractivity contribution in [3.8, 4) is 0 Å². The standard InChI is InChI=1S/C19H29N5O2/c1-5-14-12(4)8-21-18(22-14)23-15-10-24(9-13(15)11(2)3)17(26)19(6-7-19)16(20)25/h8,11,13,15H,5-7,9-10H2,1-4H3,(H2,20,25)(H,21,22,23)/t13-,15+/m0/s1. The molecule has 1 aliphatic heterocycles. The van der Waals surface area contributed by atoms with Gasteiger partial charge in [0.1, 0.15) is 5.41 Å². The van der Waals surface area contributed by atoms with Gasteiger partial charge in [0.2, 0.25) is 17.8 Å². The van der Waals surface area contributed by atoms with E-state index in [9.17, 15) is 9.59 Å². The zero-order valence-electron chi connectivity index (χ0n) is 16.1. The van der Waals surface area contributed by atoms with Gasteiger partial charge in [-0.2, -0.15) is 0 Å². The molecule has 1 saturated heterocycles. The number of hydrogen-bond acceptors (Lipinski definition) is 5. The highest BCUT2D eigenvalue weighted by molar-refractivity contribution is 6.07. The number of aryl methyl sites for hydroxylation is 2. The highest BCUT2D eigenvalue weighted by Crippen LogP contribution is 2.47. The van der Waals surface area contributed by atoms with Crippen molar-refractivity contribution in [1.29, 1.82) is 0 Å². The smallest absolute Gasteiger partial charge is 0.238 e. The molecule has 7 heteroatoms. The normalized spacial score (nSPS) is 24.0. The van der Waals surface area contributed by atoms with Crippen LogP contribution in [0.3, 0.4) is 0 Å². The van der Waals surface area contributed by atoms with Crippen molar-refractivity contribution in [3.63, 3.8) is 0 Å². The number of primary amides is 1. The molecule has 2 atom stereocenters. The second-order valence-corrected chi connectivity index (χ2v) is 7.99. The first-order chi connectivity index (χ1) is 12.3. The van der Waals surface area contributed by atoms with Crippen molar-refractivity contribution in [1.82, 2.24) is 14.9 Å². The Labute approximate surface area is 154 Å². The Morgan fingerprint density at radius 1 is 1.38 bits per heavy atom. The van der Waals surface area contributed by atoms with E-state index >= 15 is 0 Å². The van der Waals surface area contributed by atoms with Gasteiger partial charge in [-0.25, -0.2) is 9.97 Å². The molecule has 0 radical (unpaired) electrons. The first-order valence-corrected chi connectivity index (χ1v) is 9.46. The maximum absolute atomic E-state index is 12.8. The summed E-state index contributed by atoms with van der Waals surface area (Å²) in [4.78, 5) is 35.4. The molecule has 0 unspecified atom stereocenters. The van der Waals surface area contributed by atoms with Crippen LogP contribution in [0.15, 0.2) is 6.20 Å². The van der Waals surface area contributed by atoms with Crippen molar-refractivity contribution in [2.24, 2.45) is 23.0 Å². The minimum absolute atomic E-state index is 0.0649. The SMILES string of the molecule is CCc1nc(N[C@@H]2CN(C(=O)C3(C(N)=O)CC3)C[C@H]2C(C)C)ncc1C. The highest BCUT2D eigenvalue weighted by atomic mass is 16.2. The topological polar surface area (TPSA) is 101 Å². The summed E-state index contributed by atoms with van der Waals surface area (Å²) in [6, 6.07) is 0.0649. The molecule has 2 aliphatic rings. The molecule has 26 heavy (non-hydrogen) atoms. The molecule has 1 saturated carbocycles. The summed E-state index contributed by atoms with van der Waals surface area (Å²) in [6.45, 7) is 9.58. The second-order valence-electron chi connectivity index (χ2n) is 7.99. The van der Waals surface area contributed by atoms with E-state index in [-0.39, 0.29) is 17.9 Å². The van der Waals surface area contributed by atoms with Gasteiger partial charge in [0, 0.05) is 30.9 Å². The summed E-state index contributed by atoms with van der Waals surface area (Å²) < 4.78 is 0. The Kier molecular flexibility index (Phi) is 4.90. The number of likely N-dealkylation sites (tertiary alicyclic amines) is 1. The van der Waals surface area contributed by atoms with Gasteiger partial charge in [-0.15, -0.1) is 0 Å². The fourth-order valence-corrected chi connectivity index (χ4v) is 3.89. The molecule has 1 aliphatic carbocycles. The molecule has 2 fully saturated rings. The third-order valence-corrected chi connectivity index (χ3v) is 5.87. The van der Waals surface area contributed by atoms with E-state index < -0.39 is 11.3 Å². The number of amides is 2. The molecule has 2 heterocycles. The number of nitrogens with zero attached hydrogens (tertiary/aromatic N) is 3. The minimum atomic E-state index is -0.952. The third-order valence-electron chi connectivity index (χ3n) is 5.87. The van der Waals surface area contributed by atoms with E-state index in [0.29, 0.717) is 37.8 Å². The molecule has 1 aromatic rings. The fraction of sp³-hybridized carbons (Fsp3) is 0.684. The van der Waals surface area contributed by atoms with E-state index in [2.05, 4.69) is 36.1 Å². The highest BCUT2D eigenvalue weighted by Gasteiger charge is 2.58. The van der Waals surface area contributed by atoms with Crippen LogP contribution in [0.4, 0.5) is 5.95 Å². The number of hydrogen-bond donors (Lipinski definition) is 2. The molecule has 7 nitrogen and oxygen atoms in total. The molecule has 0 aromatic carbocycles. The first-order valence-electron chi connectivity index (χ1n) is 9.46. The van der Waals surface area contributed by atoms with Crippen LogP contribution in [0, 0.1) is 24.2 Å². The molecule has 0 bridgehead atoms. The molecular formula is C19H29N5O2. The van der Waals surface area contributed by atoms with E-state index in [0.717, 1.165) is 17.7 Å². The van der Waals surface area contributed by atoms with Crippen LogP contribution in [0.2, 0.25) is 0 Å². The van der Waals surface area contributed by atoms with Crippen LogP contribution in [-0.4, -0.2) is 45.8 Å². The van der Waals surface area contributed by atoms with Gasteiger partial charge in [-0.3, -0.25) is 9.59 Å². The Bertz CT molecular complexity index is 714. The average molecular weight is 359 g/mol. The van der Waals surface area contributed by atoms with Crippen LogP contribution < -0.4 is 11.1 Å². The van der Waals surface area contributed by atoms with E-state index in [1.165, 1.54) is 0 Å². The maximum atomic E-state index is 12.8. The van der Waals surface area contributed by atoms with Gasteiger partial charge >= 0.3 is 0 Å². The van der Waals surface area contributed by atoms with Crippen LogP contribution >= 0.6 is 0 Å². The molecule has 142 valence electrons. The van der Waals surface area contributed by atoms with Crippen molar-refractivity contribution in [2.45, 2.75) is 53.0 Å². The average Bonchev–Trinajstić information content (AvgIpc) is 3.31. The summed E-state index contributed by atoms with van der Waals surface area (Å²) in [5.41, 5.74) is 6.64. The zero-order valence-corrected chi connectivity index (χ0v) is 16.1. The maximum Gasteiger partial charge on any atom is 0.238 e. The number of carbonyl (C=O) groups excluding carboxylic acids is 2. The third kappa shape index (κ3) is 3.27. The van der Waals surface area contributed by atoms with Gasteiger partial charge in [-0.1, -0.05) is 20.8 Å². The van der Waals surface area contributed by atoms with Crippen molar-refractivity contribution >= 4 is 17.8 Å². The summed E-state index contributed by atoms with van der Waals surface area (Å²) in [5.74, 6) is 0.671. The summed E-state index contributed by atoms with van der Waals surface area (Å²) in [7, 11) is 0. The minimum Gasteiger partial charge on any atom is -0.369 e. The first kappa shape index (κ1) is 18.6. The van der Waals surface area contributed by atoms with Crippen LogP contribution in [0.1, 0.15) is 44.9 Å². The molecule has 2 amide bonds. The van der Waals surface area contributed by atoms with Crippen LogP contribution in [-0.2, 0) is 16.0 Å². The van der Waals surface area contributed by atoms with Crippen molar-refractivity contribution in [2.75, 3.05) is 18.4 Å². The fourth-order valence-electron chi connectivity index (χ4n) is 3.89. The van der Waals surface area contributed by atoms with Crippen molar-refractivity contribution in [3.05, 3.63) is 17.5 Å². The lowest BCUT2D eigenvalue weighted by molar-refractivity contribution is -0.142. The van der Waals surface area contributed by atoms with E-state index in [4.69, 9.17) is 5.73 Å². The Morgan fingerprint density at radius 3 is 2.62 bits per heavy atom. The quantitative estimate of drug-likeness (QED) is 0.750. The molecule has 3 rings (SSSR count). The van der Waals surface area contributed by atoms with E-state index in [1.807, 2.05) is 13.1 Å². The largest absolute Gasteiger partial charge is 0.369 e. The number of nitrogens with two attached hydrogens (primary N) is 1. The number of carbonyl (C=O) groups is 2. The summed E-state index contributed by atoms with van der Waals surface area (Å²) >= 11 is 0.